The molecule has 0 aliphatic heterocycles. The number of nitrogens with zero attached hydrogens (tertiary/aromatic N) is 1. The highest BCUT2D eigenvalue weighted by Crippen LogP contribution is 2.09. The molecule has 1 aromatic rings. The highest BCUT2D eigenvalue weighted by Gasteiger charge is 2.14. The summed E-state index contributed by atoms with van der Waals surface area (Å²) in [5.74, 6) is -1.20. The summed E-state index contributed by atoms with van der Waals surface area (Å²) in [4.78, 5) is 2.23. The zero-order valence-electron chi connectivity index (χ0n) is 5.64. The van der Waals surface area contributed by atoms with E-state index in [1.807, 2.05) is 0 Å². The minimum Gasteiger partial charge on any atom is -0.282 e. The topological polar surface area (TPSA) is 67.3 Å². The molecule has 0 spiro atoms. The van der Waals surface area contributed by atoms with Crippen LogP contribution in [0.1, 0.15) is 0 Å². The fourth-order valence-electron chi connectivity index (χ4n) is 0.564. The van der Waals surface area contributed by atoms with E-state index in [1.165, 1.54) is 6.07 Å². The molecule has 0 atom stereocenters. The van der Waals surface area contributed by atoms with Gasteiger partial charge in [-0.15, -0.1) is 12.4 Å². The molecule has 0 unspecified atom stereocenters. The maximum atomic E-state index is 12.4. The third-order valence-corrected chi connectivity index (χ3v) is 1.86. The van der Waals surface area contributed by atoms with E-state index in [4.69, 9.17) is 4.55 Å². The van der Waals surface area contributed by atoms with E-state index in [9.17, 15) is 12.8 Å². The van der Waals surface area contributed by atoms with Gasteiger partial charge in [0.2, 0.25) is 5.95 Å². The van der Waals surface area contributed by atoms with Crippen molar-refractivity contribution in [2.24, 2.45) is 0 Å². The van der Waals surface area contributed by atoms with Crippen molar-refractivity contribution in [3.8, 4) is 0 Å². The highest BCUT2D eigenvalue weighted by molar-refractivity contribution is 7.85. The lowest BCUT2D eigenvalue weighted by molar-refractivity contribution is 0.467. The Kier molecular flexibility index (Phi) is 3.56. The predicted molar refractivity (Wildman–Crippen MR) is 41.3 cm³/mol. The van der Waals surface area contributed by atoms with Gasteiger partial charge in [0.05, 0.1) is 0 Å². The van der Waals surface area contributed by atoms with Crippen LogP contribution >= 0.6 is 12.4 Å². The van der Waals surface area contributed by atoms with Crippen molar-refractivity contribution in [2.75, 3.05) is 0 Å². The molecule has 12 heavy (non-hydrogen) atoms. The molecular weight excluding hydrogens is 209 g/mol. The largest absolute Gasteiger partial charge is 0.299 e. The summed E-state index contributed by atoms with van der Waals surface area (Å²) in [6, 6.07) is 2.14. The van der Waals surface area contributed by atoms with Gasteiger partial charge in [0.25, 0.3) is 10.1 Å². The molecule has 0 aromatic carbocycles. The quantitative estimate of drug-likeness (QED) is 0.556. The van der Waals surface area contributed by atoms with Gasteiger partial charge in [-0.3, -0.25) is 4.55 Å². The van der Waals surface area contributed by atoms with Crippen LogP contribution in [0.4, 0.5) is 4.39 Å². The Morgan fingerprint density at radius 3 is 2.42 bits per heavy atom. The van der Waals surface area contributed by atoms with Crippen molar-refractivity contribution in [1.82, 2.24) is 4.98 Å². The molecule has 4 nitrogen and oxygen atoms in total. The second kappa shape index (κ2) is 3.79. The van der Waals surface area contributed by atoms with Crippen LogP contribution in [-0.4, -0.2) is 18.0 Å². The Bertz CT molecular complexity index is 367. The number of hydrogen-bond acceptors (Lipinski definition) is 3. The lowest BCUT2D eigenvalue weighted by Crippen LogP contribution is -2.02. The number of hydrogen-bond donors (Lipinski definition) is 1. The van der Waals surface area contributed by atoms with E-state index in [0.717, 1.165) is 12.3 Å². The summed E-state index contributed by atoms with van der Waals surface area (Å²) in [5.41, 5.74) is 0. The standard InChI is InChI=1S/C5H4FNO3S.ClH/c6-5-4(11(8,9)10)2-1-3-7-5;/h1-3H,(H,8,9,10);1H. The fraction of sp³-hybridized carbons (Fsp3) is 0. The Labute approximate surface area is 74.6 Å². The van der Waals surface area contributed by atoms with Gasteiger partial charge in [-0.1, -0.05) is 0 Å². The summed E-state index contributed by atoms with van der Waals surface area (Å²) in [5, 5.41) is 0. The van der Waals surface area contributed by atoms with Crippen molar-refractivity contribution < 1.29 is 17.4 Å². The molecule has 1 aromatic heterocycles. The Morgan fingerprint density at radius 1 is 1.50 bits per heavy atom. The molecule has 0 aliphatic carbocycles. The van der Waals surface area contributed by atoms with Gasteiger partial charge in [-0.2, -0.15) is 12.8 Å². The highest BCUT2D eigenvalue weighted by atomic mass is 35.5. The molecular formula is C5H5ClFNO3S. The molecule has 68 valence electrons. The van der Waals surface area contributed by atoms with Crippen molar-refractivity contribution in [3.63, 3.8) is 0 Å². The maximum absolute atomic E-state index is 12.4. The van der Waals surface area contributed by atoms with Crippen LogP contribution < -0.4 is 0 Å². The smallest absolute Gasteiger partial charge is 0.282 e. The average Bonchev–Trinajstić information content (AvgIpc) is 1.86. The molecule has 0 saturated carbocycles. The summed E-state index contributed by atoms with van der Waals surface area (Å²) in [7, 11) is -4.47. The summed E-state index contributed by atoms with van der Waals surface area (Å²) < 4.78 is 41.5. The molecule has 1 heterocycles. The number of aromatic nitrogens is 1. The van der Waals surface area contributed by atoms with Crippen LogP contribution in [0, 0.1) is 5.95 Å². The van der Waals surface area contributed by atoms with Gasteiger partial charge in [0.15, 0.2) is 0 Å². The Hall–Kier alpha value is -0.720. The minimum absolute atomic E-state index is 0. The van der Waals surface area contributed by atoms with Gasteiger partial charge in [0.1, 0.15) is 4.90 Å². The lowest BCUT2D eigenvalue weighted by atomic mass is 10.5. The second-order valence-electron chi connectivity index (χ2n) is 1.77. The van der Waals surface area contributed by atoms with Crippen LogP contribution in [0.25, 0.3) is 0 Å². The average molecular weight is 214 g/mol. The van der Waals surface area contributed by atoms with Gasteiger partial charge in [-0.05, 0) is 12.1 Å². The number of halogens is 2. The summed E-state index contributed by atoms with van der Waals surface area (Å²) in [6.45, 7) is 0. The predicted octanol–water partition coefficient (Wildman–Crippen LogP) is 0.889. The van der Waals surface area contributed by atoms with E-state index in [-0.39, 0.29) is 12.4 Å². The van der Waals surface area contributed by atoms with E-state index >= 15 is 0 Å². The first kappa shape index (κ1) is 11.3. The van der Waals surface area contributed by atoms with E-state index in [0.29, 0.717) is 0 Å². The van der Waals surface area contributed by atoms with Gasteiger partial charge in [0, 0.05) is 6.20 Å². The van der Waals surface area contributed by atoms with Gasteiger partial charge in [-0.25, -0.2) is 4.98 Å². The van der Waals surface area contributed by atoms with Crippen LogP contribution in [-0.2, 0) is 10.1 Å². The zero-order valence-corrected chi connectivity index (χ0v) is 7.27. The Balaban J connectivity index is 0.00000121. The van der Waals surface area contributed by atoms with Crippen LogP contribution in [0.5, 0.6) is 0 Å². The van der Waals surface area contributed by atoms with Crippen LogP contribution in [0.3, 0.4) is 0 Å². The summed E-state index contributed by atoms with van der Waals surface area (Å²) >= 11 is 0. The second-order valence-corrected chi connectivity index (χ2v) is 3.16. The molecule has 7 heteroatoms. The van der Waals surface area contributed by atoms with Gasteiger partial charge < -0.3 is 0 Å². The molecule has 1 N–H and O–H groups in total. The molecule has 0 saturated heterocycles. The molecule has 0 aliphatic rings. The SMILES string of the molecule is Cl.O=S(=O)(O)c1cccnc1F. The molecule has 0 fully saturated rings. The normalized spacial score (nSPS) is 10.5. The van der Waals surface area contributed by atoms with E-state index in [2.05, 4.69) is 4.98 Å². The molecule has 1 rings (SSSR count). The van der Waals surface area contributed by atoms with E-state index < -0.39 is 21.0 Å². The first-order chi connectivity index (χ1) is 5.02. The first-order valence-corrected chi connectivity index (χ1v) is 4.04. The number of pyridine rings is 1. The summed E-state index contributed by atoms with van der Waals surface area (Å²) in [6.07, 6.45) is 1.09. The Morgan fingerprint density at radius 2 is 2.08 bits per heavy atom. The molecule has 0 bridgehead atoms. The first-order valence-electron chi connectivity index (χ1n) is 2.60. The monoisotopic (exact) mass is 213 g/mol. The fourth-order valence-corrected chi connectivity index (χ4v) is 1.08. The van der Waals surface area contributed by atoms with Crippen molar-refractivity contribution in [1.29, 1.82) is 0 Å². The van der Waals surface area contributed by atoms with Crippen LogP contribution in [0.15, 0.2) is 23.2 Å². The third-order valence-electron chi connectivity index (χ3n) is 1.00. The van der Waals surface area contributed by atoms with Crippen molar-refractivity contribution in [2.45, 2.75) is 4.90 Å². The van der Waals surface area contributed by atoms with Gasteiger partial charge >= 0.3 is 0 Å². The molecule has 0 amide bonds. The zero-order chi connectivity index (χ0) is 8.48. The maximum Gasteiger partial charge on any atom is 0.299 e. The van der Waals surface area contributed by atoms with Crippen LogP contribution in [0.2, 0.25) is 0 Å². The van der Waals surface area contributed by atoms with E-state index in [1.54, 1.807) is 0 Å². The lowest BCUT2D eigenvalue weighted by Gasteiger charge is -1.94. The molecule has 0 radical (unpaired) electrons. The number of rotatable bonds is 1. The van der Waals surface area contributed by atoms with Crippen molar-refractivity contribution in [3.05, 3.63) is 24.3 Å². The van der Waals surface area contributed by atoms with Crippen molar-refractivity contribution >= 4 is 22.5 Å². The third kappa shape index (κ3) is 2.40. The minimum atomic E-state index is -4.47.